The smallest absolute Gasteiger partial charge is 0.203 e. The average molecular weight is 351 g/mol. The van der Waals surface area contributed by atoms with Gasteiger partial charge in [-0.05, 0) is 30.3 Å². The number of benzene rings is 2. The molecular formula is C18H19F2NO4. The van der Waals surface area contributed by atoms with Crippen molar-refractivity contribution < 1.29 is 27.7 Å². The molecule has 2 aromatic carbocycles. The molecule has 0 amide bonds. The number of hydrogen-bond donors (Lipinski definition) is 1. The van der Waals surface area contributed by atoms with Crippen LogP contribution in [0.3, 0.4) is 0 Å². The van der Waals surface area contributed by atoms with Gasteiger partial charge in [-0.1, -0.05) is 0 Å². The summed E-state index contributed by atoms with van der Waals surface area (Å²) in [4.78, 5) is 0. The largest absolute Gasteiger partial charge is 0.495 e. The Morgan fingerprint density at radius 2 is 1.24 bits per heavy atom. The van der Waals surface area contributed by atoms with Gasteiger partial charge in [0.25, 0.3) is 0 Å². The SMILES string of the molecule is COc1ccc(/C(F)=C(/F)c2cc(OC)c(OC)c(OC)c2)cc1N. The van der Waals surface area contributed by atoms with Gasteiger partial charge in [0.1, 0.15) is 5.75 Å². The molecule has 0 unspecified atom stereocenters. The average Bonchev–Trinajstić information content (AvgIpc) is 2.65. The second-order valence-electron chi connectivity index (χ2n) is 5.00. The summed E-state index contributed by atoms with van der Waals surface area (Å²) in [6, 6.07) is 6.78. The number of hydrogen-bond acceptors (Lipinski definition) is 5. The van der Waals surface area contributed by atoms with Gasteiger partial charge >= 0.3 is 0 Å². The van der Waals surface area contributed by atoms with E-state index < -0.39 is 11.7 Å². The van der Waals surface area contributed by atoms with Crippen molar-refractivity contribution >= 4 is 17.3 Å². The lowest BCUT2D eigenvalue weighted by molar-refractivity contribution is 0.324. The molecule has 25 heavy (non-hydrogen) atoms. The Morgan fingerprint density at radius 1 is 0.720 bits per heavy atom. The van der Waals surface area contributed by atoms with Crippen LogP contribution in [0, 0.1) is 0 Å². The van der Waals surface area contributed by atoms with Gasteiger partial charge in [0.05, 0.1) is 34.1 Å². The van der Waals surface area contributed by atoms with Crippen LogP contribution in [0.1, 0.15) is 11.1 Å². The third-order valence-corrected chi connectivity index (χ3v) is 3.59. The third kappa shape index (κ3) is 3.60. The highest BCUT2D eigenvalue weighted by Gasteiger charge is 2.19. The maximum absolute atomic E-state index is 14.7. The van der Waals surface area contributed by atoms with E-state index in [1.165, 1.54) is 58.8 Å². The summed E-state index contributed by atoms with van der Waals surface area (Å²) in [6.07, 6.45) is 0. The normalized spacial score (nSPS) is 11.6. The van der Waals surface area contributed by atoms with Gasteiger partial charge in [0, 0.05) is 11.1 Å². The summed E-state index contributed by atoms with van der Waals surface area (Å²) in [5.41, 5.74) is 5.88. The number of anilines is 1. The molecule has 0 aliphatic heterocycles. The van der Waals surface area contributed by atoms with Crippen molar-refractivity contribution in [2.24, 2.45) is 0 Å². The summed E-state index contributed by atoms with van der Waals surface area (Å²) in [5.74, 6) is -1.05. The highest BCUT2D eigenvalue weighted by atomic mass is 19.2. The van der Waals surface area contributed by atoms with Gasteiger partial charge in [-0.15, -0.1) is 0 Å². The number of halogens is 2. The molecule has 0 heterocycles. The minimum absolute atomic E-state index is 0.00967. The van der Waals surface area contributed by atoms with Gasteiger partial charge in [-0.2, -0.15) is 0 Å². The summed E-state index contributed by atoms with van der Waals surface area (Å²) in [6.45, 7) is 0. The van der Waals surface area contributed by atoms with Crippen molar-refractivity contribution in [1.82, 2.24) is 0 Å². The van der Waals surface area contributed by atoms with Gasteiger partial charge in [-0.3, -0.25) is 0 Å². The zero-order chi connectivity index (χ0) is 18.6. The van der Waals surface area contributed by atoms with Crippen molar-refractivity contribution in [2.75, 3.05) is 34.2 Å². The van der Waals surface area contributed by atoms with E-state index in [2.05, 4.69) is 0 Å². The fourth-order valence-electron chi connectivity index (χ4n) is 2.33. The minimum atomic E-state index is -1.08. The third-order valence-electron chi connectivity index (χ3n) is 3.59. The Balaban J connectivity index is 2.56. The van der Waals surface area contributed by atoms with Crippen molar-refractivity contribution in [1.29, 1.82) is 0 Å². The second-order valence-corrected chi connectivity index (χ2v) is 5.00. The highest BCUT2D eigenvalue weighted by Crippen LogP contribution is 2.42. The molecule has 2 rings (SSSR count). The van der Waals surface area contributed by atoms with Crippen LogP contribution in [0.4, 0.5) is 14.5 Å². The maximum atomic E-state index is 14.7. The first kappa shape index (κ1) is 18.4. The molecule has 0 saturated carbocycles. The van der Waals surface area contributed by atoms with Gasteiger partial charge in [0.15, 0.2) is 23.2 Å². The lowest BCUT2D eigenvalue weighted by Gasteiger charge is -2.14. The fourth-order valence-corrected chi connectivity index (χ4v) is 2.33. The number of methoxy groups -OCH3 is 4. The van der Waals surface area contributed by atoms with E-state index in [0.29, 0.717) is 5.75 Å². The van der Waals surface area contributed by atoms with Crippen LogP contribution in [0.15, 0.2) is 30.3 Å². The maximum Gasteiger partial charge on any atom is 0.203 e. The van der Waals surface area contributed by atoms with Crippen LogP contribution in [-0.4, -0.2) is 28.4 Å². The van der Waals surface area contributed by atoms with Crippen LogP contribution >= 0.6 is 0 Å². The Labute approximate surface area is 144 Å². The molecule has 2 aromatic rings. The number of ether oxygens (including phenoxy) is 4. The fraction of sp³-hybridized carbons (Fsp3) is 0.222. The van der Waals surface area contributed by atoms with Crippen molar-refractivity contribution in [3.05, 3.63) is 41.5 Å². The molecule has 0 saturated heterocycles. The van der Waals surface area contributed by atoms with Crippen molar-refractivity contribution in [3.63, 3.8) is 0 Å². The van der Waals surface area contributed by atoms with Crippen LogP contribution in [-0.2, 0) is 0 Å². The Bertz CT molecular complexity index is 781. The van der Waals surface area contributed by atoms with Gasteiger partial charge in [0.2, 0.25) is 5.75 Å². The van der Waals surface area contributed by atoms with E-state index >= 15 is 0 Å². The van der Waals surface area contributed by atoms with E-state index in [-0.39, 0.29) is 34.1 Å². The van der Waals surface area contributed by atoms with E-state index in [9.17, 15) is 8.78 Å². The number of rotatable bonds is 6. The van der Waals surface area contributed by atoms with Crippen LogP contribution in [0.5, 0.6) is 23.0 Å². The van der Waals surface area contributed by atoms with Crippen LogP contribution in [0.25, 0.3) is 11.7 Å². The standard InChI is InChI=1S/C18H19F2NO4/c1-22-13-6-5-10(7-12(13)21)16(19)17(20)11-8-14(23-2)18(25-4)15(9-11)24-3/h5-9H,21H2,1-4H3/b17-16-. The molecule has 0 bridgehead atoms. The Hall–Kier alpha value is -2.96. The molecule has 134 valence electrons. The van der Waals surface area contributed by atoms with Crippen LogP contribution in [0.2, 0.25) is 0 Å². The molecule has 2 N–H and O–H groups in total. The molecule has 5 nitrogen and oxygen atoms in total. The molecular weight excluding hydrogens is 332 g/mol. The number of nitrogen functional groups attached to an aromatic ring is 1. The predicted octanol–water partition coefficient (Wildman–Crippen LogP) is 4.07. The molecule has 7 heteroatoms. The monoisotopic (exact) mass is 351 g/mol. The van der Waals surface area contributed by atoms with E-state index in [1.807, 2.05) is 0 Å². The molecule has 0 atom stereocenters. The predicted molar refractivity (Wildman–Crippen MR) is 92.5 cm³/mol. The molecule has 0 spiro atoms. The molecule has 0 aliphatic carbocycles. The highest BCUT2D eigenvalue weighted by molar-refractivity contribution is 5.85. The molecule has 0 aromatic heterocycles. The molecule has 0 aliphatic rings. The number of nitrogens with two attached hydrogens (primary N) is 1. The Kier molecular flexibility index (Phi) is 5.69. The molecule has 0 radical (unpaired) electrons. The zero-order valence-corrected chi connectivity index (χ0v) is 14.4. The van der Waals surface area contributed by atoms with Gasteiger partial charge < -0.3 is 24.7 Å². The van der Waals surface area contributed by atoms with Crippen molar-refractivity contribution in [2.45, 2.75) is 0 Å². The van der Waals surface area contributed by atoms with Gasteiger partial charge in [-0.25, -0.2) is 8.78 Å². The Morgan fingerprint density at radius 3 is 1.68 bits per heavy atom. The van der Waals surface area contributed by atoms with Crippen molar-refractivity contribution in [3.8, 4) is 23.0 Å². The zero-order valence-electron chi connectivity index (χ0n) is 14.4. The van der Waals surface area contributed by atoms with E-state index in [1.54, 1.807) is 0 Å². The lowest BCUT2D eigenvalue weighted by atomic mass is 10.1. The summed E-state index contributed by atoms with van der Waals surface area (Å²) in [5, 5.41) is 0. The first-order valence-electron chi connectivity index (χ1n) is 7.26. The van der Waals surface area contributed by atoms with E-state index in [0.717, 1.165) is 0 Å². The first-order valence-corrected chi connectivity index (χ1v) is 7.26. The lowest BCUT2D eigenvalue weighted by Crippen LogP contribution is -1.97. The topological polar surface area (TPSA) is 62.9 Å². The van der Waals surface area contributed by atoms with E-state index in [4.69, 9.17) is 24.7 Å². The quantitative estimate of drug-likeness (QED) is 0.628. The molecule has 0 fully saturated rings. The second kappa shape index (κ2) is 7.74. The summed E-state index contributed by atoms with van der Waals surface area (Å²) >= 11 is 0. The van der Waals surface area contributed by atoms with Crippen LogP contribution < -0.4 is 24.7 Å². The summed E-state index contributed by atoms with van der Waals surface area (Å²) in [7, 11) is 5.65. The minimum Gasteiger partial charge on any atom is -0.495 e. The summed E-state index contributed by atoms with van der Waals surface area (Å²) < 4.78 is 49.7. The first-order chi connectivity index (χ1) is 12.0.